The number of anilines is 1. The maximum absolute atomic E-state index is 5.97. The van der Waals surface area contributed by atoms with Gasteiger partial charge in [-0.15, -0.1) is 11.3 Å². The third-order valence-electron chi connectivity index (χ3n) is 3.66. The van der Waals surface area contributed by atoms with Gasteiger partial charge in [-0.05, 0) is 55.7 Å². The maximum Gasteiger partial charge on any atom is 0.193 e. The molecule has 3 rings (SSSR count). The van der Waals surface area contributed by atoms with Gasteiger partial charge in [-0.1, -0.05) is 18.2 Å². The number of rotatable bonds is 5. The van der Waals surface area contributed by atoms with Crippen molar-refractivity contribution in [2.24, 2.45) is 10.7 Å². The van der Waals surface area contributed by atoms with E-state index in [1.165, 1.54) is 15.8 Å². The normalized spacial score (nSPS) is 11.8. The Hall–Kier alpha value is -2.40. The Balaban J connectivity index is 1.51. The summed E-state index contributed by atoms with van der Waals surface area (Å²) in [6.07, 6.45) is 1.87. The Labute approximate surface area is 146 Å². The van der Waals surface area contributed by atoms with Gasteiger partial charge < -0.3 is 11.1 Å². The standard InChI is InChI=1S/C19H22N4S/c1-13-10-14(2)12-15(11-13)22-19(20)21-9-5-8-18-23-16-6-3-4-7-17(16)24-18/h3-4,6-7,10-12H,5,8-9H2,1-2H3,(H3,20,21,22). The summed E-state index contributed by atoms with van der Waals surface area (Å²) in [5.41, 5.74) is 10.5. The summed E-state index contributed by atoms with van der Waals surface area (Å²) in [7, 11) is 0. The number of aromatic nitrogens is 1. The van der Waals surface area contributed by atoms with Crippen LogP contribution in [0.25, 0.3) is 10.2 Å². The van der Waals surface area contributed by atoms with Crippen molar-refractivity contribution in [3.8, 4) is 0 Å². The number of fused-ring (bicyclic) bond motifs is 1. The fourth-order valence-electron chi connectivity index (χ4n) is 2.69. The molecule has 0 spiro atoms. The Kier molecular flexibility index (Phi) is 5.11. The molecule has 5 heteroatoms. The number of hydrogen-bond donors (Lipinski definition) is 2. The van der Waals surface area contributed by atoms with Gasteiger partial charge in [-0.2, -0.15) is 0 Å². The lowest BCUT2D eigenvalue weighted by Crippen LogP contribution is -2.23. The molecule has 0 aliphatic rings. The van der Waals surface area contributed by atoms with Crippen LogP contribution in [0.1, 0.15) is 22.6 Å². The molecular formula is C19H22N4S. The van der Waals surface area contributed by atoms with Crippen molar-refractivity contribution in [2.75, 3.05) is 11.9 Å². The number of para-hydroxylation sites is 1. The second kappa shape index (κ2) is 7.45. The highest BCUT2D eigenvalue weighted by Crippen LogP contribution is 2.22. The maximum atomic E-state index is 5.97. The Morgan fingerprint density at radius 1 is 1.17 bits per heavy atom. The van der Waals surface area contributed by atoms with Crippen molar-refractivity contribution in [3.63, 3.8) is 0 Å². The summed E-state index contributed by atoms with van der Waals surface area (Å²) in [4.78, 5) is 9.05. The van der Waals surface area contributed by atoms with Crippen LogP contribution in [0.4, 0.5) is 5.69 Å². The van der Waals surface area contributed by atoms with Crippen LogP contribution < -0.4 is 11.1 Å². The summed E-state index contributed by atoms with van der Waals surface area (Å²) in [6.45, 7) is 4.84. The number of benzene rings is 2. The van der Waals surface area contributed by atoms with Gasteiger partial charge in [0.25, 0.3) is 0 Å². The molecule has 0 aliphatic carbocycles. The van der Waals surface area contributed by atoms with Gasteiger partial charge in [0.05, 0.1) is 15.2 Å². The largest absolute Gasteiger partial charge is 0.370 e. The van der Waals surface area contributed by atoms with Crippen LogP contribution in [0.15, 0.2) is 47.5 Å². The molecule has 0 amide bonds. The molecule has 0 saturated heterocycles. The monoisotopic (exact) mass is 338 g/mol. The number of nitrogens with one attached hydrogen (secondary N) is 1. The lowest BCUT2D eigenvalue weighted by atomic mass is 10.1. The Morgan fingerprint density at radius 2 is 1.92 bits per heavy atom. The van der Waals surface area contributed by atoms with Crippen LogP contribution in [0.2, 0.25) is 0 Å². The predicted octanol–water partition coefficient (Wildman–Crippen LogP) is 4.27. The minimum absolute atomic E-state index is 0.462. The molecule has 3 N–H and O–H groups in total. The number of aryl methyl sites for hydroxylation is 3. The molecule has 4 nitrogen and oxygen atoms in total. The first-order valence-corrected chi connectivity index (χ1v) is 8.91. The first kappa shape index (κ1) is 16.5. The van der Waals surface area contributed by atoms with Crippen molar-refractivity contribution in [1.29, 1.82) is 0 Å². The minimum Gasteiger partial charge on any atom is -0.370 e. The number of nitrogens with zero attached hydrogens (tertiary/aromatic N) is 2. The molecule has 0 saturated carbocycles. The van der Waals surface area contributed by atoms with E-state index in [-0.39, 0.29) is 0 Å². The van der Waals surface area contributed by atoms with Crippen LogP contribution in [0.3, 0.4) is 0 Å². The second-order valence-electron chi connectivity index (χ2n) is 5.95. The molecule has 24 heavy (non-hydrogen) atoms. The highest BCUT2D eigenvalue weighted by Gasteiger charge is 2.03. The zero-order valence-electron chi connectivity index (χ0n) is 14.0. The molecule has 1 aromatic heterocycles. The Morgan fingerprint density at radius 3 is 2.67 bits per heavy atom. The van der Waals surface area contributed by atoms with Crippen molar-refractivity contribution in [1.82, 2.24) is 4.98 Å². The van der Waals surface area contributed by atoms with Gasteiger partial charge >= 0.3 is 0 Å². The zero-order valence-corrected chi connectivity index (χ0v) is 14.9. The van der Waals surface area contributed by atoms with Crippen LogP contribution in [0, 0.1) is 13.8 Å². The van der Waals surface area contributed by atoms with Crippen LogP contribution in [-0.2, 0) is 6.42 Å². The van der Waals surface area contributed by atoms with Crippen molar-refractivity contribution in [2.45, 2.75) is 26.7 Å². The topological polar surface area (TPSA) is 63.3 Å². The molecule has 3 aromatic rings. The molecule has 0 radical (unpaired) electrons. The van der Waals surface area contributed by atoms with E-state index in [1.807, 2.05) is 12.1 Å². The van der Waals surface area contributed by atoms with Gasteiger partial charge in [0.2, 0.25) is 0 Å². The predicted molar refractivity (Wildman–Crippen MR) is 104 cm³/mol. The lowest BCUT2D eigenvalue weighted by Gasteiger charge is -2.07. The smallest absolute Gasteiger partial charge is 0.193 e. The number of thiazole rings is 1. The van der Waals surface area contributed by atoms with E-state index in [4.69, 9.17) is 5.73 Å². The third-order valence-corrected chi connectivity index (χ3v) is 4.76. The van der Waals surface area contributed by atoms with E-state index in [2.05, 4.69) is 59.5 Å². The molecule has 2 aromatic carbocycles. The average molecular weight is 338 g/mol. The van der Waals surface area contributed by atoms with Crippen LogP contribution in [0.5, 0.6) is 0 Å². The fourth-order valence-corrected chi connectivity index (χ4v) is 3.70. The molecule has 0 unspecified atom stereocenters. The van der Waals surface area contributed by atoms with Gasteiger partial charge in [0, 0.05) is 18.7 Å². The first-order valence-electron chi connectivity index (χ1n) is 8.10. The summed E-state index contributed by atoms with van der Waals surface area (Å²) >= 11 is 1.76. The first-order chi connectivity index (χ1) is 11.6. The molecule has 124 valence electrons. The SMILES string of the molecule is Cc1cc(C)cc(NC(N)=NCCCc2nc3ccccc3s2)c1. The molecule has 0 bridgehead atoms. The summed E-state index contributed by atoms with van der Waals surface area (Å²) in [5.74, 6) is 0.462. The van der Waals surface area contributed by atoms with Gasteiger partial charge in [-0.3, -0.25) is 4.99 Å². The Bertz CT molecular complexity index is 813. The lowest BCUT2D eigenvalue weighted by molar-refractivity contribution is 0.827. The zero-order chi connectivity index (χ0) is 16.9. The van der Waals surface area contributed by atoms with Crippen molar-refractivity contribution >= 4 is 33.2 Å². The quantitative estimate of drug-likeness (QED) is 0.415. The van der Waals surface area contributed by atoms with E-state index >= 15 is 0 Å². The van der Waals surface area contributed by atoms with E-state index in [0.717, 1.165) is 29.1 Å². The van der Waals surface area contributed by atoms with E-state index < -0.39 is 0 Å². The fraction of sp³-hybridized carbons (Fsp3) is 0.263. The van der Waals surface area contributed by atoms with Gasteiger partial charge in [0.15, 0.2) is 5.96 Å². The number of nitrogens with two attached hydrogens (primary N) is 1. The van der Waals surface area contributed by atoms with Crippen LogP contribution in [-0.4, -0.2) is 17.5 Å². The second-order valence-corrected chi connectivity index (χ2v) is 7.06. The molecule has 0 aliphatic heterocycles. The number of guanidine groups is 1. The van der Waals surface area contributed by atoms with Gasteiger partial charge in [-0.25, -0.2) is 4.98 Å². The summed E-state index contributed by atoms with van der Waals surface area (Å²) < 4.78 is 1.24. The van der Waals surface area contributed by atoms with Gasteiger partial charge in [0.1, 0.15) is 0 Å². The summed E-state index contributed by atoms with van der Waals surface area (Å²) in [6, 6.07) is 14.5. The molecule has 0 fully saturated rings. The van der Waals surface area contributed by atoms with E-state index in [1.54, 1.807) is 11.3 Å². The molecule has 1 heterocycles. The number of hydrogen-bond acceptors (Lipinski definition) is 3. The van der Waals surface area contributed by atoms with Crippen molar-refractivity contribution in [3.05, 3.63) is 58.6 Å². The van der Waals surface area contributed by atoms with E-state index in [0.29, 0.717) is 12.5 Å². The third kappa shape index (κ3) is 4.32. The van der Waals surface area contributed by atoms with Crippen LogP contribution >= 0.6 is 11.3 Å². The molecule has 0 atom stereocenters. The number of aliphatic imine (C=N–C) groups is 1. The average Bonchev–Trinajstić information content (AvgIpc) is 2.93. The highest BCUT2D eigenvalue weighted by atomic mass is 32.1. The highest BCUT2D eigenvalue weighted by molar-refractivity contribution is 7.18. The molecular weight excluding hydrogens is 316 g/mol. The van der Waals surface area contributed by atoms with Crippen molar-refractivity contribution < 1.29 is 0 Å². The summed E-state index contributed by atoms with van der Waals surface area (Å²) in [5, 5.41) is 4.32. The minimum atomic E-state index is 0.462. The van der Waals surface area contributed by atoms with E-state index in [9.17, 15) is 0 Å².